The van der Waals surface area contributed by atoms with Gasteiger partial charge < -0.3 is 14.4 Å². The van der Waals surface area contributed by atoms with Crippen molar-refractivity contribution in [2.24, 2.45) is 5.92 Å². The number of thiazole rings is 1. The van der Waals surface area contributed by atoms with E-state index in [4.69, 9.17) is 14.5 Å². The predicted molar refractivity (Wildman–Crippen MR) is 111 cm³/mol. The molecule has 1 aromatic heterocycles. The van der Waals surface area contributed by atoms with Gasteiger partial charge in [0.15, 0.2) is 0 Å². The number of hydrogen-bond donors (Lipinski definition) is 0. The Kier molecular flexibility index (Phi) is 8.26. The maximum Gasteiger partial charge on any atom is 0.248 e. The molecule has 1 saturated carbocycles. The molecule has 28 heavy (non-hydrogen) atoms. The van der Waals surface area contributed by atoms with Gasteiger partial charge in [0.25, 0.3) is 0 Å². The van der Waals surface area contributed by atoms with E-state index < -0.39 is 0 Å². The summed E-state index contributed by atoms with van der Waals surface area (Å²) in [7, 11) is 1.71. The Balaban J connectivity index is 1.43. The first-order chi connectivity index (χ1) is 13.6. The SMILES string of the molecule is CO[C@H](C)c1nc(CN2CCCN(C(=O)CO[C@@H]3CCCC[C@@H]3C)CC2)cs1. The summed E-state index contributed by atoms with van der Waals surface area (Å²) in [5.74, 6) is 0.717. The standard InChI is InChI=1S/C21H35N3O3S/c1-16-7-4-5-8-19(16)27-14-20(25)24-10-6-9-23(11-12-24)13-18-15-28-21(22-18)17(2)26-3/h15-17,19H,4-14H2,1-3H3/t16-,17+,19+/m0/s1. The summed E-state index contributed by atoms with van der Waals surface area (Å²) in [4.78, 5) is 21.7. The highest BCUT2D eigenvalue weighted by Gasteiger charge is 2.25. The highest BCUT2D eigenvalue weighted by atomic mass is 32.1. The normalized spacial score (nSPS) is 25.5. The first kappa shape index (κ1) is 21.7. The molecule has 7 heteroatoms. The van der Waals surface area contributed by atoms with Crippen molar-refractivity contribution in [3.8, 4) is 0 Å². The molecule has 1 aromatic rings. The number of carbonyl (C=O) groups excluding carboxylic acids is 1. The zero-order chi connectivity index (χ0) is 19.9. The minimum atomic E-state index is 0.0443. The van der Waals surface area contributed by atoms with Gasteiger partial charge in [0.1, 0.15) is 17.7 Å². The molecule has 158 valence electrons. The third kappa shape index (κ3) is 5.99. The molecule has 1 aliphatic heterocycles. The van der Waals surface area contributed by atoms with Gasteiger partial charge in [-0.15, -0.1) is 11.3 Å². The van der Waals surface area contributed by atoms with Crippen LogP contribution in [0.2, 0.25) is 0 Å². The molecule has 1 aliphatic carbocycles. The van der Waals surface area contributed by atoms with E-state index in [2.05, 4.69) is 17.2 Å². The summed E-state index contributed by atoms with van der Waals surface area (Å²) in [5, 5.41) is 3.15. The lowest BCUT2D eigenvalue weighted by Gasteiger charge is -2.29. The van der Waals surface area contributed by atoms with Gasteiger partial charge in [0, 0.05) is 45.2 Å². The summed E-state index contributed by atoms with van der Waals surface area (Å²) in [5.41, 5.74) is 1.10. The number of hydrogen-bond acceptors (Lipinski definition) is 6. The molecule has 3 atom stereocenters. The van der Waals surface area contributed by atoms with Crippen molar-refractivity contribution < 1.29 is 14.3 Å². The predicted octanol–water partition coefficient (Wildman–Crippen LogP) is 3.48. The van der Waals surface area contributed by atoms with E-state index in [0.29, 0.717) is 5.92 Å². The van der Waals surface area contributed by atoms with E-state index in [1.54, 1.807) is 18.4 Å². The molecule has 2 fully saturated rings. The van der Waals surface area contributed by atoms with Gasteiger partial charge in [-0.25, -0.2) is 4.98 Å². The first-order valence-electron chi connectivity index (χ1n) is 10.7. The number of rotatable bonds is 7. The van der Waals surface area contributed by atoms with Gasteiger partial charge in [0.05, 0.1) is 11.8 Å². The van der Waals surface area contributed by atoms with Crippen LogP contribution in [0.1, 0.15) is 62.8 Å². The highest BCUT2D eigenvalue weighted by Crippen LogP contribution is 2.26. The molecule has 0 spiro atoms. The Bertz CT molecular complexity index is 624. The van der Waals surface area contributed by atoms with Crippen molar-refractivity contribution in [2.45, 2.75) is 64.7 Å². The second-order valence-electron chi connectivity index (χ2n) is 8.18. The number of carbonyl (C=O) groups is 1. The Morgan fingerprint density at radius 1 is 1.25 bits per heavy atom. The van der Waals surface area contributed by atoms with Crippen LogP contribution >= 0.6 is 11.3 Å². The molecule has 0 radical (unpaired) electrons. The zero-order valence-corrected chi connectivity index (χ0v) is 18.4. The summed E-state index contributed by atoms with van der Waals surface area (Å²) in [6.07, 6.45) is 6.14. The van der Waals surface area contributed by atoms with Crippen molar-refractivity contribution in [2.75, 3.05) is 39.9 Å². The third-order valence-electron chi connectivity index (χ3n) is 6.05. The van der Waals surface area contributed by atoms with Crippen LogP contribution in [-0.2, 0) is 20.8 Å². The number of methoxy groups -OCH3 is 1. The lowest BCUT2D eigenvalue weighted by Crippen LogP contribution is -2.39. The molecular formula is C21H35N3O3S. The minimum Gasteiger partial charge on any atom is -0.375 e. The van der Waals surface area contributed by atoms with Crippen molar-refractivity contribution >= 4 is 17.2 Å². The maximum absolute atomic E-state index is 12.6. The van der Waals surface area contributed by atoms with Crippen molar-refractivity contribution in [3.05, 3.63) is 16.1 Å². The number of amides is 1. The molecule has 0 unspecified atom stereocenters. The van der Waals surface area contributed by atoms with E-state index >= 15 is 0 Å². The monoisotopic (exact) mass is 409 g/mol. The second-order valence-corrected chi connectivity index (χ2v) is 9.07. The lowest BCUT2D eigenvalue weighted by molar-refractivity contribution is -0.140. The van der Waals surface area contributed by atoms with Gasteiger partial charge in [0.2, 0.25) is 5.91 Å². The largest absolute Gasteiger partial charge is 0.375 e. The Labute approximate surface area is 173 Å². The average Bonchev–Trinajstić information content (AvgIpc) is 3.04. The summed E-state index contributed by atoms with van der Waals surface area (Å²) >= 11 is 1.66. The number of ether oxygens (including phenoxy) is 2. The molecule has 2 aliphatic rings. The molecule has 0 N–H and O–H groups in total. The fourth-order valence-electron chi connectivity index (χ4n) is 4.09. The fourth-order valence-corrected chi connectivity index (χ4v) is 4.93. The van der Waals surface area contributed by atoms with Crippen LogP contribution in [0, 0.1) is 5.92 Å². The fraction of sp³-hybridized carbons (Fsp3) is 0.810. The van der Waals surface area contributed by atoms with Crippen molar-refractivity contribution in [3.63, 3.8) is 0 Å². The van der Waals surface area contributed by atoms with Crippen LogP contribution in [-0.4, -0.2) is 66.7 Å². The maximum atomic E-state index is 12.6. The molecule has 0 bridgehead atoms. The van der Waals surface area contributed by atoms with Crippen molar-refractivity contribution in [1.82, 2.24) is 14.8 Å². The van der Waals surface area contributed by atoms with Gasteiger partial charge in [-0.3, -0.25) is 9.69 Å². The van der Waals surface area contributed by atoms with E-state index in [1.165, 1.54) is 19.3 Å². The Morgan fingerprint density at radius 2 is 2.07 bits per heavy atom. The van der Waals surface area contributed by atoms with Gasteiger partial charge in [-0.2, -0.15) is 0 Å². The molecule has 3 rings (SSSR count). The van der Waals surface area contributed by atoms with Gasteiger partial charge in [-0.05, 0) is 32.1 Å². The van der Waals surface area contributed by atoms with Crippen LogP contribution in [0.25, 0.3) is 0 Å². The number of aromatic nitrogens is 1. The lowest BCUT2D eigenvalue weighted by atomic mass is 9.88. The van der Waals surface area contributed by atoms with Crippen LogP contribution in [0.15, 0.2) is 5.38 Å². The third-order valence-corrected chi connectivity index (χ3v) is 7.11. The van der Waals surface area contributed by atoms with E-state index in [9.17, 15) is 4.79 Å². The molecule has 1 amide bonds. The topological polar surface area (TPSA) is 54.9 Å². The summed E-state index contributed by atoms with van der Waals surface area (Å²) in [6, 6.07) is 0. The Hall–Kier alpha value is -1.02. The van der Waals surface area contributed by atoms with E-state index in [-0.39, 0.29) is 24.7 Å². The minimum absolute atomic E-state index is 0.0443. The molecule has 1 saturated heterocycles. The molecule has 6 nitrogen and oxygen atoms in total. The molecular weight excluding hydrogens is 374 g/mol. The quantitative estimate of drug-likeness (QED) is 0.690. The van der Waals surface area contributed by atoms with Gasteiger partial charge >= 0.3 is 0 Å². The zero-order valence-electron chi connectivity index (χ0n) is 17.6. The highest BCUT2D eigenvalue weighted by molar-refractivity contribution is 7.09. The summed E-state index contributed by atoms with van der Waals surface area (Å²) < 4.78 is 11.3. The van der Waals surface area contributed by atoms with Crippen LogP contribution in [0.3, 0.4) is 0 Å². The average molecular weight is 410 g/mol. The molecule has 0 aromatic carbocycles. The summed E-state index contributed by atoms with van der Waals surface area (Å²) in [6.45, 7) is 8.82. The second kappa shape index (κ2) is 10.7. The molecule has 2 heterocycles. The van der Waals surface area contributed by atoms with Gasteiger partial charge in [-0.1, -0.05) is 19.8 Å². The smallest absolute Gasteiger partial charge is 0.248 e. The van der Waals surface area contributed by atoms with Crippen LogP contribution in [0.4, 0.5) is 0 Å². The van der Waals surface area contributed by atoms with Crippen LogP contribution < -0.4 is 0 Å². The van der Waals surface area contributed by atoms with Crippen LogP contribution in [0.5, 0.6) is 0 Å². The Morgan fingerprint density at radius 3 is 2.86 bits per heavy atom. The first-order valence-corrected chi connectivity index (χ1v) is 11.5. The van der Waals surface area contributed by atoms with E-state index in [0.717, 1.165) is 56.3 Å². The van der Waals surface area contributed by atoms with E-state index in [1.807, 2.05) is 11.8 Å². The number of nitrogens with zero attached hydrogens (tertiary/aromatic N) is 3. The van der Waals surface area contributed by atoms with Crippen molar-refractivity contribution in [1.29, 1.82) is 0 Å².